The smallest absolute Gasteiger partial charge is 0.251 e. The van der Waals surface area contributed by atoms with E-state index in [4.69, 9.17) is 0 Å². The Labute approximate surface area is 143 Å². The summed E-state index contributed by atoms with van der Waals surface area (Å²) in [6.07, 6.45) is 2.15. The number of halogens is 2. The first-order valence-electron chi connectivity index (χ1n) is 8.27. The summed E-state index contributed by atoms with van der Waals surface area (Å²) in [5.74, 6) is -2.68. The number of carbonyl (C=O) groups excluding carboxylic acids is 1. The molecule has 4 heterocycles. The number of hydrogen-bond donors (Lipinski definition) is 0. The number of anilines is 1. The zero-order chi connectivity index (χ0) is 16.7. The van der Waals surface area contributed by atoms with Crippen LogP contribution in [0.4, 0.5) is 14.5 Å². The minimum atomic E-state index is -2.61. The second-order valence-electron chi connectivity index (χ2n) is 6.58. The lowest BCUT2D eigenvalue weighted by Crippen LogP contribution is -2.45. The SMILES string of the molecule is O=C(C1CCN(c2ccnc3ccsc23)C1)N1CCC(F)(F)CC1. The molecular weight excluding hydrogens is 332 g/mol. The van der Waals surface area contributed by atoms with Gasteiger partial charge in [-0.3, -0.25) is 9.78 Å². The molecule has 2 aliphatic rings. The lowest BCUT2D eigenvalue weighted by Gasteiger charge is -2.33. The van der Waals surface area contributed by atoms with Crippen molar-refractivity contribution in [3.05, 3.63) is 23.7 Å². The van der Waals surface area contributed by atoms with Gasteiger partial charge in [0.15, 0.2) is 0 Å². The number of pyridine rings is 1. The van der Waals surface area contributed by atoms with E-state index in [0.717, 1.165) is 28.9 Å². The van der Waals surface area contributed by atoms with E-state index in [1.807, 2.05) is 17.5 Å². The normalized spacial score (nSPS) is 23.8. The number of rotatable bonds is 2. The van der Waals surface area contributed by atoms with Gasteiger partial charge in [-0.1, -0.05) is 0 Å². The van der Waals surface area contributed by atoms with Crippen molar-refractivity contribution in [1.29, 1.82) is 0 Å². The van der Waals surface area contributed by atoms with E-state index in [1.165, 1.54) is 0 Å². The van der Waals surface area contributed by atoms with Crippen LogP contribution in [0.5, 0.6) is 0 Å². The van der Waals surface area contributed by atoms with E-state index in [2.05, 4.69) is 9.88 Å². The van der Waals surface area contributed by atoms with Crippen molar-refractivity contribution in [3.63, 3.8) is 0 Å². The number of fused-ring (bicyclic) bond motifs is 1. The molecule has 2 aliphatic heterocycles. The summed E-state index contributed by atoms with van der Waals surface area (Å²) in [6, 6.07) is 3.99. The first-order valence-corrected chi connectivity index (χ1v) is 9.15. The molecule has 7 heteroatoms. The van der Waals surface area contributed by atoms with E-state index in [-0.39, 0.29) is 37.8 Å². The Kier molecular flexibility index (Phi) is 3.90. The molecule has 0 aliphatic carbocycles. The quantitative estimate of drug-likeness (QED) is 0.832. The van der Waals surface area contributed by atoms with Gasteiger partial charge < -0.3 is 9.80 Å². The van der Waals surface area contributed by atoms with Gasteiger partial charge in [-0.2, -0.15) is 0 Å². The molecule has 2 aromatic rings. The van der Waals surface area contributed by atoms with Crippen molar-refractivity contribution in [2.45, 2.75) is 25.2 Å². The van der Waals surface area contributed by atoms with Gasteiger partial charge >= 0.3 is 0 Å². The molecule has 2 fully saturated rings. The third-order valence-corrected chi connectivity index (χ3v) is 5.93. The lowest BCUT2D eigenvalue weighted by atomic mass is 10.0. The number of amides is 1. The molecule has 1 atom stereocenters. The zero-order valence-electron chi connectivity index (χ0n) is 13.3. The molecule has 128 valence electrons. The predicted molar refractivity (Wildman–Crippen MR) is 90.7 cm³/mol. The second kappa shape index (κ2) is 5.95. The molecule has 4 rings (SSSR count). The van der Waals surface area contributed by atoms with E-state index in [1.54, 1.807) is 22.4 Å². The number of carbonyl (C=O) groups is 1. The summed E-state index contributed by atoms with van der Waals surface area (Å²) < 4.78 is 27.7. The Hall–Kier alpha value is -1.76. The van der Waals surface area contributed by atoms with Gasteiger partial charge in [-0.05, 0) is 23.9 Å². The molecule has 0 aromatic carbocycles. The third kappa shape index (κ3) is 2.85. The van der Waals surface area contributed by atoms with Crippen molar-refractivity contribution in [3.8, 4) is 0 Å². The fraction of sp³-hybridized carbons (Fsp3) is 0.529. The van der Waals surface area contributed by atoms with Gasteiger partial charge in [0, 0.05) is 45.2 Å². The largest absolute Gasteiger partial charge is 0.369 e. The van der Waals surface area contributed by atoms with Crippen LogP contribution >= 0.6 is 11.3 Å². The molecule has 1 unspecified atom stereocenters. The maximum absolute atomic E-state index is 13.3. The molecule has 1 amide bonds. The molecule has 0 N–H and O–H groups in total. The number of nitrogens with zero attached hydrogens (tertiary/aromatic N) is 3. The third-order valence-electron chi connectivity index (χ3n) is 5.01. The van der Waals surface area contributed by atoms with Gasteiger partial charge in [0.05, 0.1) is 21.8 Å². The summed E-state index contributed by atoms with van der Waals surface area (Å²) in [4.78, 5) is 20.8. The van der Waals surface area contributed by atoms with Crippen LogP contribution in [0, 0.1) is 5.92 Å². The van der Waals surface area contributed by atoms with E-state index in [0.29, 0.717) is 6.54 Å². The summed E-state index contributed by atoms with van der Waals surface area (Å²) in [5.41, 5.74) is 2.10. The molecule has 0 radical (unpaired) electrons. The van der Waals surface area contributed by atoms with Gasteiger partial charge in [-0.25, -0.2) is 8.78 Å². The van der Waals surface area contributed by atoms with Gasteiger partial charge in [0.25, 0.3) is 5.92 Å². The van der Waals surface area contributed by atoms with E-state index in [9.17, 15) is 13.6 Å². The summed E-state index contributed by atoms with van der Waals surface area (Å²) in [7, 11) is 0. The maximum Gasteiger partial charge on any atom is 0.251 e. The summed E-state index contributed by atoms with van der Waals surface area (Å²) in [5, 5.41) is 2.02. The second-order valence-corrected chi connectivity index (χ2v) is 7.49. The molecule has 2 saturated heterocycles. The summed E-state index contributed by atoms with van der Waals surface area (Å²) in [6.45, 7) is 1.82. The number of likely N-dealkylation sites (tertiary alicyclic amines) is 1. The molecular formula is C17H19F2N3OS. The van der Waals surface area contributed by atoms with Crippen molar-refractivity contribution >= 4 is 33.1 Å². The molecule has 4 nitrogen and oxygen atoms in total. The highest BCUT2D eigenvalue weighted by molar-refractivity contribution is 7.17. The highest BCUT2D eigenvalue weighted by Gasteiger charge is 2.39. The number of thiophene rings is 1. The first kappa shape index (κ1) is 15.7. The topological polar surface area (TPSA) is 36.4 Å². The fourth-order valence-electron chi connectivity index (χ4n) is 3.60. The zero-order valence-corrected chi connectivity index (χ0v) is 14.1. The Morgan fingerprint density at radius 2 is 2.04 bits per heavy atom. The minimum Gasteiger partial charge on any atom is -0.369 e. The number of aromatic nitrogens is 1. The molecule has 24 heavy (non-hydrogen) atoms. The standard InChI is InChI=1S/C17H19F2N3OS/c18-17(19)4-8-21(9-5-17)16(23)12-2-7-22(11-12)14-1-6-20-13-3-10-24-15(13)14/h1,3,6,10,12H,2,4-5,7-9,11H2. The highest BCUT2D eigenvalue weighted by Crippen LogP contribution is 2.34. The van der Waals surface area contributed by atoms with Crippen molar-refractivity contribution in [2.75, 3.05) is 31.1 Å². The van der Waals surface area contributed by atoms with Gasteiger partial charge in [0.1, 0.15) is 0 Å². The average molecular weight is 351 g/mol. The van der Waals surface area contributed by atoms with E-state index >= 15 is 0 Å². The van der Waals surface area contributed by atoms with Crippen LogP contribution in [0.3, 0.4) is 0 Å². The Morgan fingerprint density at radius 1 is 1.25 bits per heavy atom. The number of alkyl halides is 2. The van der Waals surface area contributed by atoms with Crippen LogP contribution in [0.2, 0.25) is 0 Å². The van der Waals surface area contributed by atoms with Crippen molar-refractivity contribution < 1.29 is 13.6 Å². The molecule has 0 spiro atoms. The minimum absolute atomic E-state index is 0.0319. The van der Waals surface area contributed by atoms with Gasteiger partial charge in [0.2, 0.25) is 5.91 Å². The number of piperidine rings is 1. The maximum atomic E-state index is 13.3. The molecule has 0 saturated carbocycles. The number of hydrogen-bond acceptors (Lipinski definition) is 4. The fourth-order valence-corrected chi connectivity index (χ4v) is 4.49. The van der Waals surface area contributed by atoms with Crippen LogP contribution in [-0.4, -0.2) is 47.9 Å². The molecule has 0 bridgehead atoms. The Balaban J connectivity index is 1.45. The highest BCUT2D eigenvalue weighted by atomic mass is 32.1. The summed E-state index contributed by atoms with van der Waals surface area (Å²) >= 11 is 1.66. The van der Waals surface area contributed by atoms with Crippen LogP contribution in [0.1, 0.15) is 19.3 Å². The van der Waals surface area contributed by atoms with Crippen molar-refractivity contribution in [1.82, 2.24) is 9.88 Å². The predicted octanol–water partition coefficient (Wildman–Crippen LogP) is 3.38. The van der Waals surface area contributed by atoms with Crippen molar-refractivity contribution in [2.24, 2.45) is 5.92 Å². The van der Waals surface area contributed by atoms with Crippen LogP contribution in [-0.2, 0) is 4.79 Å². The van der Waals surface area contributed by atoms with Crippen LogP contribution in [0.15, 0.2) is 23.7 Å². The monoisotopic (exact) mass is 351 g/mol. The van der Waals surface area contributed by atoms with Gasteiger partial charge in [-0.15, -0.1) is 11.3 Å². The first-order chi connectivity index (χ1) is 11.5. The Bertz CT molecular complexity index is 753. The Morgan fingerprint density at radius 3 is 2.83 bits per heavy atom. The van der Waals surface area contributed by atoms with Crippen LogP contribution in [0.25, 0.3) is 10.2 Å². The lowest BCUT2D eigenvalue weighted by molar-refractivity contribution is -0.140. The van der Waals surface area contributed by atoms with Crippen LogP contribution < -0.4 is 4.90 Å². The molecule has 2 aromatic heterocycles. The van der Waals surface area contributed by atoms with E-state index < -0.39 is 5.92 Å². The average Bonchev–Trinajstić information content (AvgIpc) is 3.23.